The minimum atomic E-state index is -5.17. The first kappa shape index (κ1) is 25.1. The van der Waals surface area contributed by atoms with Crippen molar-refractivity contribution in [3.05, 3.63) is 47.3 Å². The lowest BCUT2D eigenvalue weighted by Gasteiger charge is -2.22. The fourth-order valence-corrected chi connectivity index (χ4v) is 5.83. The monoisotopic (exact) mass is 525 g/mol. The molecular weight excluding hydrogens is 508 g/mol. The minimum absolute atomic E-state index is 0.00669. The van der Waals surface area contributed by atoms with E-state index in [1.54, 1.807) is 4.90 Å². The van der Waals surface area contributed by atoms with Crippen molar-refractivity contribution in [2.24, 2.45) is 11.8 Å². The lowest BCUT2D eigenvalue weighted by molar-refractivity contribution is -0.143. The molecule has 1 amide bonds. The number of hydroxylamine groups is 1. The van der Waals surface area contributed by atoms with Gasteiger partial charge in [0.2, 0.25) is 16.0 Å². The number of amides is 1. The summed E-state index contributed by atoms with van der Waals surface area (Å²) in [5, 5.41) is 8.63. The highest BCUT2D eigenvalue weighted by Crippen LogP contribution is 2.40. The standard InChI is InChI=1S/C19H17F6N5O4S/c20-18(21,22)13-1-14(19(23,24)25)3-15(2-13)35(33,34)30-8-11-6-29(7-12(11)9-30)17-26-4-10(5-27-17)16(31)28-32/h1-5,11-12,32H,6-9H2,(H,28,31)/t11-,12+. The van der Waals surface area contributed by atoms with Gasteiger partial charge in [-0.25, -0.2) is 23.9 Å². The van der Waals surface area contributed by atoms with E-state index in [4.69, 9.17) is 5.21 Å². The van der Waals surface area contributed by atoms with Gasteiger partial charge in [-0.1, -0.05) is 0 Å². The molecule has 2 aliphatic heterocycles. The fraction of sp³-hybridized carbons (Fsp3) is 0.421. The first-order valence-corrected chi connectivity index (χ1v) is 11.4. The highest BCUT2D eigenvalue weighted by atomic mass is 32.2. The molecule has 0 saturated carbocycles. The number of fused-ring (bicyclic) bond motifs is 1. The maximum Gasteiger partial charge on any atom is 0.416 e. The number of hydrogen-bond donors (Lipinski definition) is 2. The van der Waals surface area contributed by atoms with Gasteiger partial charge >= 0.3 is 12.4 Å². The number of hydrogen-bond acceptors (Lipinski definition) is 7. The van der Waals surface area contributed by atoms with Crippen LogP contribution in [-0.4, -0.2) is 60.0 Å². The number of nitrogens with zero attached hydrogens (tertiary/aromatic N) is 4. The number of benzene rings is 1. The third-order valence-electron chi connectivity index (χ3n) is 5.94. The van der Waals surface area contributed by atoms with Gasteiger partial charge in [0.25, 0.3) is 5.91 Å². The zero-order valence-electron chi connectivity index (χ0n) is 17.5. The summed E-state index contributed by atoms with van der Waals surface area (Å²) in [5.41, 5.74) is -1.96. The smallest absolute Gasteiger partial charge is 0.340 e. The first-order chi connectivity index (χ1) is 16.2. The summed E-state index contributed by atoms with van der Waals surface area (Å²) >= 11 is 0. The number of halogens is 6. The van der Waals surface area contributed by atoms with E-state index in [-0.39, 0.29) is 54.6 Å². The van der Waals surface area contributed by atoms with Crippen molar-refractivity contribution < 1.29 is 44.8 Å². The summed E-state index contributed by atoms with van der Waals surface area (Å²) in [4.78, 5) is 20.1. The van der Waals surface area contributed by atoms with E-state index in [2.05, 4.69) is 9.97 Å². The van der Waals surface area contributed by atoms with Crippen LogP contribution in [0.15, 0.2) is 35.5 Å². The molecule has 2 atom stereocenters. The van der Waals surface area contributed by atoms with Gasteiger partial charge in [0.15, 0.2) is 0 Å². The molecule has 1 aromatic heterocycles. The molecule has 2 saturated heterocycles. The Labute approximate surface area is 194 Å². The predicted molar refractivity (Wildman–Crippen MR) is 106 cm³/mol. The van der Waals surface area contributed by atoms with Crippen molar-refractivity contribution in [2.75, 3.05) is 31.1 Å². The average Bonchev–Trinajstić information content (AvgIpc) is 3.37. The molecule has 35 heavy (non-hydrogen) atoms. The van der Waals surface area contributed by atoms with E-state index >= 15 is 0 Å². The molecule has 9 nitrogen and oxygen atoms in total. The van der Waals surface area contributed by atoms with E-state index in [9.17, 15) is 39.6 Å². The van der Waals surface area contributed by atoms with Gasteiger partial charge in [0.1, 0.15) is 0 Å². The lowest BCUT2D eigenvalue weighted by atomic mass is 10.0. The van der Waals surface area contributed by atoms with Gasteiger partial charge < -0.3 is 4.90 Å². The van der Waals surface area contributed by atoms with Crippen LogP contribution in [0, 0.1) is 11.8 Å². The van der Waals surface area contributed by atoms with Crippen molar-refractivity contribution in [3.8, 4) is 0 Å². The molecule has 190 valence electrons. The molecule has 0 aliphatic carbocycles. The summed E-state index contributed by atoms with van der Waals surface area (Å²) in [6.07, 6.45) is -7.96. The Morgan fingerprint density at radius 2 is 1.40 bits per heavy atom. The lowest BCUT2D eigenvalue weighted by Crippen LogP contribution is -2.34. The molecule has 2 aromatic rings. The Morgan fingerprint density at radius 3 is 1.83 bits per heavy atom. The van der Waals surface area contributed by atoms with E-state index in [1.165, 1.54) is 17.9 Å². The molecule has 3 heterocycles. The Balaban J connectivity index is 1.53. The van der Waals surface area contributed by atoms with Crippen molar-refractivity contribution in [1.82, 2.24) is 19.8 Å². The molecule has 2 N–H and O–H groups in total. The fourth-order valence-electron chi connectivity index (χ4n) is 4.20. The second-order valence-electron chi connectivity index (χ2n) is 8.20. The number of rotatable bonds is 4. The van der Waals surface area contributed by atoms with Crippen LogP contribution >= 0.6 is 0 Å². The van der Waals surface area contributed by atoms with Crippen LogP contribution in [0.2, 0.25) is 0 Å². The zero-order valence-corrected chi connectivity index (χ0v) is 18.3. The number of carbonyl (C=O) groups is 1. The summed E-state index contributed by atoms with van der Waals surface area (Å²) in [7, 11) is -4.63. The van der Waals surface area contributed by atoms with Gasteiger partial charge in [-0.15, -0.1) is 0 Å². The van der Waals surface area contributed by atoms with Gasteiger partial charge in [-0.3, -0.25) is 10.0 Å². The number of anilines is 1. The number of nitrogens with one attached hydrogen (secondary N) is 1. The molecule has 16 heteroatoms. The maximum atomic E-state index is 13.2. The topological polar surface area (TPSA) is 116 Å². The van der Waals surface area contributed by atoms with Gasteiger partial charge in [-0.05, 0) is 30.0 Å². The van der Waals surface area contributed by atoms with Crippen molar-refractivity contribution in [2.45, 2.75) is 17.2 Å². The summed E-state index contributed by atoms with van der Waals surface area (Å²) in [6.45, 7) is 0.370. The molecular formula is C19H17F6N5O4S. The van der Waals surface area contributed by atoms with Crippen LogP contribution in [0.4, 0.5) is 32.3 Å². The Morgan fingerprint density at radius 1 is 0.914 bits per heavy atom. The number of alkyl halides is 6. The van der Waals surface area contributed by atoms with E-state index in [1.807, 2.05) is 0 Å². The Hall–Kier alpha value is -2.98. The van der Waals surface area contributed by atoms with Crippen molar-refractivity contribution >= 4 is 21.9 Å². The second-order valence-corrected chi connectivity index (χ2v) is 10.1. The van der Waals surface area contributed by atoms with Gasteiger partial charge in [-0.2, -0.15) is 30.6 Å². The van der Waals surface area contributed by atoms with Crippen LogP contribution in [0.3, 0.4) is 0 Å². The largest absolute Gasteiger partial charge is 0.416 e. The first-order valence-electron chi connectivity index (χ1n) is 10.0. The molecule has 2 fully saturated rings. The van der Waals surface area contributed by atoms with Gasteiger partial charge in [0.05, 0.1) is 21.6 Å². The highest BCUT2D eigenvalue weighted by molar-refractivity contribution is 7.89. The molecule has 0 bridgehead atoms. The predicted octanol–water partition coefficient (Wildman–Crippen LogP) is 2.39. The zero-order chi connectivity index (χ0) is 25.8. The summed E-state index contributed by atoms with van der Waals surface area (Å²) < 4.78 is 106. The summed E-state index contributed by atoms with van der Waals surface area (Å²) in [5.74, 6) is -1.08. The molecule has 0 spiro atoms. The number of aromatic nitrogens is 2. The minimum Gasteiger partial charge on any atom is -0.340 e. The normalized spacial score (nSPS) is 21.3. The molecule has 4 rings (SSSR count). The van der Waals surface area contributed by atoms with Crippen LogP contribution in [-0.2, 0) is 22.4 Å². The summed E-state index contributed by atoms with van der Waals surface area (Å²) in [6, 6.07) is 0.302. The molecule has 0 radical (unpaired) electrons. The maximum absolute atomic E-state index is 13.2. The van der Waals surface area contributed by atoms with Crippen molar-refractivity contribution in [3.63, 3.8) is 0 Å². The molecule has 0 unspecified atom stereocenters. The van der Waals surface area contributed by atoms with Crippen LogP contribution in [0.1, 0.15) is 21.5 Å². The number of carbonyl (C=O) groups excluding carboxylic acids is 1. The van der Waals surface area contributed by atoms with Crippen molar-refractivity contribution in [1.29, 1.82) is 0 Å². The molecule has 2 aliphatic rings. The van der Waals surface area contributed by atoms with Crippen LogP contribution in [0.5, 0.6) is 0 Å². The third-order valence-corrected chi connectivity index (χ3v) is 7.75. The van der Waals surface area contributed by atoms with E-state index < -0.39 is 44.3 Å². The van der Waals surface area contributed by atoms with Gasteiger partial charge in [0, 0.05) is 38.6 Å². The Kier molecular flexibility index (Phi) is 6.17. The number of sulfonamides is 1. The average molecular weight is 525 g/mol. The highest BCUT2D eigenvalue weighted by Gasteiger charge is 2.46. The van der Waals surface area contributed by atoms with E-state index in [0.717, 1.165) is 4.31 Å². The quantitative estimate of drug-likeness (QED) is 0.358. The Bertz CT molecular complexity index is 1190. The van der Waals surface area contributed by atoms with Crippen LogP contribution in [0.25, 0.3) is 0 Å². The third kappa shape index (κ3) is 4.90. The second kappa shape index (κ2) is 8.60. The van der Waals surface area contributed by atoms with E-state index in [0.29, 0.717) is 13.1 Å². The SMILES string of the molecule is O=C(NO)c1cnc(N2C[C@@H]3CN(S(=O)(=O)c4cc(C(F)(F)F)cc(C(F)(F)F)c4)C[C@@H]3C2)nc1. The molecule has 1 aromatic carbocycles. The van der Waals surface area contributed by atoms with Crippen LogP contribution < -0.4 is 10.4 Å².